The van der Waals surface area contributed by atoms with Gasteiger partial charge in [0.1, 0.15) is 11.2 Å². The van der Waals surface area contributed by atoms with Gasteiger partial charge < -0.3 is 18.3 Å². The van der Waals surface area contributed by atoms with E-state index in [0.717, 1.165) is 34.0 Å². The van der Waals surface area contributed by atoms with Crippen molar-refractivity contribution in [1.82, 2.24) is 9.47 Å². The van der Waals surface area contributed by atoms with Crippen LogP contribution in [0.2, 0.25) is 0 Å². The number of benzene rings is 1. The molecule has 4 aromatic rings. The van der Waals surface area contributed by atoms with Gasteiger partial charge in [-0.05, 0) is 42.4 Å². The number of pyridine rings is 1. The summed E-state index contributed by atoms with van der Waals surface area (Å²) in [5.41, 5.74) is 3.84. The van der Waals surface area contributed by atoms with Crippen molar-refractivity contribution in [2.75, 3.05) is 13.1 Å². The summed E-state index contributed by atoms with van der Waals surface area (Å²) in [4.78, 5) is 40.6. The Balaban J connectivity index is 1.33. The number of likely N-dealkylation sites (tertiary alicyclic amines) is 1. The molecule has 36 heavy (non-hydrogen) atoms. The fourth-order valence-corrected chi connectivity index (χ4v) is 6.06. The van der Waals surface area contributed by atoms with Gasteiger partial charge in [-0.1, -0.05) is 26.8 Å². The number of amides is 1. The maximum Gasteiger partial charge on any atom is 0.340 e. The molecule has 1 amide bonds. The van der Waals surface area contributed by atoms with Crippen LogP contribution in [0.15, 0.2) is 55.0 Å². The third-order valence-corrected chi connectivity index (χ3v) is 7.95. The van der Waals surface area contributed by atoms with Crippen molar-refractivity contribution in [1.29, 1.82) is 0 Å². The summed E-state index contributed by atoms with van der Waals surface area (Å²) < 4.78 is 13.3. The minimum atomic E-state index is -0.482. The van der Waals surface area contributed by atoms with E-state index in [1.54, 1.807) is 24.5 Å². The highest BCUT2D eigenvalue weighted by atomic mass is 16.4. The Morgan fingerprint density at radius 2 is 1.86 bits per heavy atom. The van der Waals surface area contributed by atoms with Crippen LogP contribution in [0.25, 0.3) is 21.9 Å². The summed E-state index contributed by atoms with van der Waals surface area (Å²) in [6.07, 6.45) is 2.74. The summed E-state index contributed by atoms with van der Waals surface area (Å²) in [6.45, 7) is 10.1. The fourth-order valence-electron chi connectivity index (χ4n) is 6.06. The highest BCUT2D eigenvalue weighted by molar-refractivity contribution is 5.97. The van der Waals surface area contributed by atoms with Gasteiger partial charge in [-0.2, -0.15) is 0 Å². The minimum Gasteiger partial charge on any atom is -0.464 e. The standard InChI is InChI=1S/C29H30N2O5/c1-16-19-9-21-22(29(2,3)4)15-35-24(21)11-25(19)36-28(34)20(16)10-27(33)30-12-17-8-18(14-30)23-6-5-7-26(32)31(23)13-17/h5-7,9,11,15,17-18H,8,10,12-14H2,1-4H3/t17-,18-/m1/s1. The Kier molecular flexibility index (Phi) is 5.04. The molecular formula is C29H30N2O5. The lowest BCUT2D eigenvalue weighted by Gasteiger charge is -2.42. The van der Waals surface area contributed by atoms with Gasteiger partial charge in [0.15, 0.2) is 0 Å². The molecule has 0 spiro atoms. The number of fused-ring (bicyclic) bond motifs is 6. The number of piperidine rings is 1. The lowest BCUT2D eigenvalue weighted by atomic mass is 9.83. The smallest absolute Gasteiger partial charge is 0.340 e. The number of hydrogen-bond donors (Lipinski definition) is 0. The molecule has 0 saturated carbocycles. The van der Waals surface area contributed by atoms with Gasteiger partial charge in [0.25, 0.3) is 5.56 Å². The first-order valence-electron chi connectivity index (χ1n) is 12.6. The Morgan fingerprint density at radius 1 is 1.06 bits per heavy atom. The van der Waals surface area contributed by atoms with Crippen LogP contribution in [-0.4, -0.2) is 28.5 Å². The van der Waals surface area contributed by atoms with Gasteiger partial charge in [0, 0.05) is 59.7 Å². The second-order valence-electron chi connectivity index (χ2n) is 11.4. The molecule has 3 aromatic heterocycles. The third kappa shape index (κ3) is 3.60. The molecule has 2 atom stereocenters. The van der Waals surface area contributed by atoms with Crippen molar-refractivity contribution in [3.63, 3.8) is 0 Å². The molecule has 1 fully saturated rings. The van der Waals surface area contributed by atoms with Gasteiger partial charge in [-0.25, -0.2) is 4.79 Å². The van der Waals surface area contributed by atoms with E-state index in [-0.39, 0.29) is 35.1 Å². The fraction of sp³-hybridized carbons (Fsp3) is 0.414. The zero-order chi connectivity index (χ0) is 25.4. The van der Waals surface area contributed by atoms with E-state index >= 15 is 0 Å². The van der Waals surface area contributed by atoms with E-state index in [9.17, 15) is 14.4 Å². The highest BCUT2D eigenvalue weighted by Gasteiger charge is 2.36. The Bertz CT molecular complexity index is 1650. The zero-order valence-corrected chi connectivity index (χ0v) is 21.1. The summed E-state index contributed by atoms with van der Waals surface area (Å²) in [5.74, 6) is 0.292. The Hall–Kier alpha value is -3.61. The predicted octanol–water partition coefficient (Wildman–Crippen LogP) is 4.50. The monoisotopic (exact) mass is 486 g/mol. The van der Waals surface area contributed by atoms with Crippen molar-refractivity contribution in [3.8, 4) is 0 Å². The first-order chi connectivity index (χ1) is 17.1. The highest BCUT2D eigenvalue weighted by Crippen LogP contribution is 2.37. The number of aryl methyl sites for hydroxylation is 1. The average Bonchev–Trinajstić information content (AvgIpc) is 3.24. The number of aromatic nitrogens is 1. The lowest BCUT2D eigenvalue weighted by molar-refractivity contribution is -0.133. The quantitative estimate of drug-likeness (QED) is 0.390. The van der Waals surface area contributed by atoms with E-state index in [4.69, 9.17) is 8.83 Å². The van der Waals surface area contributed by atoms with Crippen molar-refractivity contribution in [2.45, 2.75) is 58.4 Å². The van der Waals surface area contributed by atoms with Crippen LogP contribution < -0.4 is 11.2 Å². The van der Waals surface area contributed by atoms with Crippen LogP contribution in [0.4, 0.5) is 0 Å². The van der Waals surface area contributed by atoms with Crippen LogP contribution in [0.5, 0.6) is 0 Å². The zero-order valence-electron chi connectivity index (χ0n) is 21.1. The van der Waals surface area contributed by atoms with Crippen molar-refractivity contribution < 1.29 is 13.6 Å². The second kappa shape index (κ2) is 7.95. The van der Waals surface area contributed by atoms with Gasteiger partial charge in [-0.3, -0.25) is 9.59 Å². The third-order valence-electron chi connectivity index (χ3n) is 7.95. The molecule has 186 valence electrons. The molecule has 2 aliphatic heterocycles. The van der Waals surface area contributed by atoms with E-state index in [0.29, 0.717) is 36.4 Å². The number of hydrogen-bond acceptors (Lipinski definition) is 5. The molecule has 1 saturated heterocycles. The Labute approximate surface area is 208 Å². The number of carbonyl (C=O) groups excluding carboxylic acids is 1. The van der Waals surface area contributed by atoms with E-state index in [2.05, 4.69) is 20.8 Å². The largest absolute Gasteiger partial charge is 0.464 e. The van der Waals surface area contributed by atoms with Crippen LogP contribution in [0.3, 0.4) is 0 Å². The maximum absolute atomic E-state index is 13.4. The van der Waals surface area contributed by atoms with Crippen LogP contribution in [-0.2, 0) is 23.2 Å². The molecule has 0 aliphatic carbocycles. The molecule has 0 unspecified atom stereocenters. The molecule has 5 heterocycles. The maximum atomic E-state index is 13.4. The number of carbonyl (C=O) groups is 1. The first-order valence-corrected chi connectivity index (χ1v) is 12.6. The Morgan fingerprint density at radius 3 is 2.64 bits per heavy atom. The first kappa shape index (κ1) is 22.8. The van der Waals surface area contributed by atoms with Crippen molar-refractivity contribution in [3.05, 3.63) is 79.8 Å². The van der Waals surface area contributed by atoms with E-state index in [1.807, 2.05) is 28.5 Å². The van der Waals surface area contributed by atoms with E-state index in [1.165, 1.54) is 0 Å². The van der Waals surface area contributed by atoms with Crippen molar-refractivity contribution >= 4 is 27.8 Å². The minimum absolute atomic E-state index is 0.000688. The normalized spacial score (nSPS) is 19.6. The van der Waals surface area contributed by atoms with Gasteiger partial charge in [0.2, 0.25) is 5.91 Å². The van der Waals surface area contributed by atoms with Crippen LogP contribution in [0, 0.1) is 12.8 Å². The topological polar surface area (TPSA) is 85.7 Å². The summed E-state index contributed by atoms with van der Waals surface area (Å²) in [6, 6.07) is 9.16. The van der Waals surface area contributed by atoms with Gasteiger partial charge >= 0.3 is 5.63 Å². The predicted molar refractivity (Wildman–Crippen MR) is 138 cm³/mol. The summed E-state index contributed by atoms with van der Waals surface area (Å²) in [5, 5.41) is 1.81. The lowest BCUT2D eigenvalue weighted by Crippen LogP contribution is -2.49. The molecule has 1 aromatic carbocycles. The molecule has 2 bridgehead atoms. The average molecular weight is 487 g/mol. The molecule has 6 rings (SSSR count). The molecule has 2 aliphatic rings. The summed E-state index contributed by atoms with van der Waals surface area (Å²) >= 11 is 0. The molecule has 0 radical (unpaired) electrons. The molecule has 7 heteroatoms. The number of rotatable bonds is 2. The van der Waals surface area contributed by atoms with Crippen molar-refractivity contribution in [2.24, 2.45) is 5.92 Å². The number of furan rings is 1. The molecule has 0 N–H and O–H groups in total. The SMILES string of the molecule is Cc1c(CC(=O)N2C[C@H]3C[C@H](C2)c2cccc(=O)n2C3)c(=O)oc2cc3occ(C(C)(C)C)c3cc12. The van der Waals surface area contributed by atoms with E-state index < -0.39 is 5.63 Å². The van der Waals surface area contributed by atoms with Gasteiger partial charge in [-0.15, -0.1) is 0 Å². The number of nitrogens with zero attached hydrogens (tertiary/aromatic N) is 2. The van der Waals surface area contributed by atoms with Crippen LogP contribution in [0.1, 0.15) is 55.5 Å². The molecule has 7 nitrogen and oxygen atoms in total. The second-order valence-corrected chi connectivity index (χ2v) is 11.4. The summed E-state index contributed by atoms with van der Waals surface area (Å²) in [7, 11) is 0. The van der Waals surface area contributed by atoms with Crippen LogP contribution >= 0.6 is 0 Å². The molecular weight excluding hydrogens is 456 g/mol. The van der Waals surface area contributed by atoms with Gasteiger partial charge in [0.05, 0.1) is 18.2 Å².